The van der Waals surface area contributed by atoms with Crippen molar-refractivity contribution in [1.29, 1.82) is 0 Å². The van der Waals surface area contributed by atoms with Gasteiger partial charge in [0.25, 0.3) is 0 Å². The van der Waals surface area contributed by atoms with Crippen LogP contribution in [0.3, 0.4) is 0 Å². The van der Waals surface area contributed by atoms with Crippen LogP contribution in [0.5, 0.6) is 5.75 Å². The molecule has 0 radical (unpaired) electrons. The molecule has 1 spiro atoms. The van der Waals surface area contributed by atoms with Crippen LogP contribution in [-0.2, 0) is 6.54 Å². The van der Waals surface area contributed by atoms with Crippen LogP contribution in [-0.4, -0.2) is 37.7 Å². The van der Waals surface area contributed by atoms with Crippen molar-refractivity contribution in [2.45, 2.75) is 32.2 Å². The molecular formula is C18H26N2O. The Bertz CT molecular complexity index is 492. The maximum Gasteiger partial charge on any atom is 0.123 e. The van der Waals surface area contributed by atoms with Crippen LogP contribution in [0.25, 0.3) is 0 Å². The second-order valence-electron chi connectivity index (χ2n) is 7.25. The van der Waals surface area contributed by atoms with Crippen LogP contribution in [0, 0.1) is 11.3 Å². The van der Waals surface area contributed by atoms with Gasteiger partial charge in [0.1, 0.15) is 5.75 Å². The topological polar surface area (TPSA) is 24.5 Å². The Morgan fingerprint density at radius 3 is 2.95 bits per heavy atom. The predicted octanol–water partition coefficient (Wildman–Crippen LogP) is 2.66. The lowest BCUT2D eigenvalue weighted by Crippen LogP contribution is -2.29. The van der Waals surface area contributed by atoms with E-state index in [0.717, 1.165) is 24.8 Å². The number of nitrogens with one attached hydrogen (secondary N) is 1. The van der Waals surface area contributed by atoms with Crippen LogP contribution >= 0.6 is 0 Å². The predicted molar refractivity (Wildman–Crippen MR) is 84.5 cm³/mol. The molecular weight excluding hydrogens is 260 g/mol. The van der Waals surface area contributed by atoms with E-state index in [1.54, 1.807) is 0 Å². The lowest BCUT2D eigenvalue weighted by molar-refractivity contribution is 0.257. The molecule has 3 fully saturated rings. The SMILES string of the molecule is c1ccc(OCC2CC2)c(CN2CCC3(CCNC3)C2)c1. The Kier molecular flexibility index (Phi) is 3.64. The Hall–Kier alpha value is -1.06. The molecule has 2 aliphatic heterocycles. The summed E-state index contributed by atoms with van der Waals surface area (Å²) in [4.78, 5) is 2.62. The van der Waals surface area contributed by atoms with Crippen LogP contribution < -0.4 is 10.1 Å². The molecule has 2 saturated heterocycles. The molecule has 1 saturated carbocycles. The third kappa shape index (κ3) is 3.09. The fourth-order valence-corrected chi connectivity index (χ4v) is 3.81. The maximum atomic E-state index is 6.05. The molecule has 0 aromatic heterocycles. The zero-order valence-corrected chi connectivity index (χ0v) is 12.8. The summed E-state index contributed by atoms with van der Waals surface area (Å²) < 4.78 is 6.05. The summed E-state index contributed by atoms with van der Waals surface area (Å²) in [6, 6.07) is 8.61. The van der Waals surface area contributed by atoms with Crippen molar-refractivity contribution in [3.05, 3.63) is 29.8 Å². The van der Waals surface area contributed by atoms with Crippen LogP contribution in [0.4, 0.5) is 0 Å². The molecule has 114 valence electrons. The molecule has 4 rings (SSSR count). The second-order valence-corrected chi connectivity index (χ2v) is 7.25. The molecule has 3 heteroatoms. The summed E-state index contributed by atoms with van der Waals surface area (Å²) in [5.41, 5.74) is 1.92. The second kappa shape index (κ2) is 5.62. The van der Waals surface area contributed by atoms with Crippen molar-refractivity contribution in [3.63, 3.8) is 0 Å². The molecule has 1 N–H and O–H groups in total. The number of rotatable bonds is 5. The van der Waals surface area contributed by atoms with Gasteiger partial charge in [0.05, 0.1) is 6.61 Å². The number of ether oxygens (including phenoxy) is 1. The molecule has 1 unspecified atom stereocenters. The number of hydrogen-bond donors (Lipinski definition) is 1. The minimum absolute atomic E-state index is 0.559. The van der Waals surface area contributed by atoms with E-state index in [1.807, 2.05) is 0 Å². The Morgan fingerprint density at radius 1 is 1.24 bits per heavy atom. The third-order valence-electron chi connectivity index (χ3n) is 5.39. The molecule has 1 aromatic rings. The first-order chi connectivity index (χ1) is 10.3. The molecule has 1 atom stereocenters. The number of likely N-dealkylation sites (tertiary alicyclic amines) is 1. The first-order valence-electron chi connectivity index (χ1n) is 8.47. The van der Waals surface area contributed by atoms with Gasteiger partial charge in [-0.25, -0.2) is 0 Å². The highest BCUT2D eigenvalue weighted by Crippen LogP contribution is 2.37. The number of benzene rings is 1. The molecule has 1 aromatic carbocycles. The summed E-state index contributed by atoms with van der Waals surface area (Å²) in [7, 11) is 0. The first kappa shape index (κ1) is 13.6. The standard InChI is InChI=1S/C18H26N2O/c1-2-4-17(21-12-15-5-6-15)16(3-1)11-20-10-8-18(14-20)7-9-19-13-18/h1-4,15,19H,5-14H2. The summed E-state index contributed by atoms with van der Waals surface area (Å²) in [5, 5.41) is 3.54. The van der Waals surface area contributed by atoms with Gasteiger partial charge in [-0.05, 0) is 56.2 Å². The van der Waals surface area contributed by atoms with Crippen molar-refractivity contribution in [3.8, 4) is 5.75 Å². The van der Waals surface area contributed by atoms with Crippen molar-refractivity contribution >= 4 is 0 Å². The Balaban J connectivity index is 1.39. The Labute approximate surface area is 127 Å². The fourth-order valence-electron chi connectivity index (χ4n) is 3.81. The highest BCUT2D eigenvalue weighted by atomic mass is 16.5. The molecule has 3 aliphatic rings. The lowest BCUT2D eigenvalue weighted by Gasteiger charge is -2.23. The summed E-state index contributed by atoms with van der Waals surface area (Å²) in [6.07, 6.45) is 5.40. The van der Waals surface area contributed by atoms with Gasteiger partial charge in [-0.2, -0.15) is 0 Å². The molecule has 0 amide bonds. The van der Waals surface area contributed by atoms with Gasteiger partial charge in [0.15, 0.2) is 0 Å². The van der Waals surface area contributed by atoms with Gasteiger partial charge >= 0.3 is 0 Å². The maximum absolute atomic E-state index is 6.05. The molecule has 0 bridgehead atoms. The van der Waals surface area contributed by atoms with Crippen molar-refractivity contribution in [2.75, 3.05) is 32.8 Å². The summed E-state index contributed by atoms with van der Waals surface area (Å²) >= 11 is 0. The van der Waals surface area contributed by atoms with Gasteiger partial charge < -0.3 is 10.1 Å². The van der Waals surface area contributed by atoms with E-state index in [1.165, 1.54) is 57.4 Å². The number of para-hydroxylation sites is 1. The minimum Gasteiger partial charge on any atom is -0.493 e. The average Bonchev–Trinajstić information content (AvgIpc) is 3.10. The van der Waals surface area contributed by atoms with Crippen LogP contribution in [0.1, 0.15) is 31.2 Å². The quantitative estimate of drug-likeness (QED) is 0.900. The highest BCUT2D eigenvalue weighted by molar-refractivity contribution is 5.33. The lowest BCUT2D eigenvalue weighted by atomic mass is 9.86. The third-order valence-corrected chi connectivity index (χ3v) is 5.39. The average molecular weight is 286 g/mol. The van der Waals surface area contributed by atoms with Crippen molar-refractivity contribution < 1.29 is 4.74 Å². The summed E-state index contributed by atoms with van der Waals surface area (Å²) in [5.74, 6) is 1.92. The van der Waals surface area contributed by atoms with E-state index in [-0.39, 0.29) is 0 Å². The zero-order chi connectivity index (χ0) is 14.1. The zero-order valence-electron chi connectivity index (χ0n) is 12.8. The first-order valence-corrected chi connectivity index (χ1v) is 8.47. The van der Waals surface area contributed by atoms with E-state index in [0.29, 0.717) is 5.41 Å². The van der Waals surface area contributed by atoms with E-state index >= 15 is 0 Å². The summed E-state index contributed by atoms with van der Waals surface area (Å²) in [6.45, 7) is 6.85. The molecule has 1 aliphatic carbocycles. The number of hydrogen-bond acceptors (Lipinski definition) is 3. The van der Waals surface area contributed by atoms with Crippen molar-refractivity contribution in [1.82, 2.24) is 10.2 Å². The molecule has 21 heavy (non-hydrogen) atoms. The van der Waals surface area contributed by atoms with Crippen molar-refractivity contribution in [2.24, 2.45) is 11.3 Å². The van der Waals surface area contributed by atoms with Crippen LogP contribution in [0.2, 0.25) is 0 Å². The monoisotopic (exact) mass is 286 g/mol. The Morgan fingerprint density at radius 2 is 2.14 bits per heavy atom. The number of nitrogens with zero attached hydrogens (tertiary/aromatic N) is 1. The van der Waals surface area contributed by atoms with Gasteiger partial charge in [-0.3, -0.25) is 4.90 Å². The van der Waals surface area contributed by atoms with E-state index in [9.17, 15) is 0 Å². The smallest absolute Gasteiger partial charge is 0.123 e. The van der Waals surface area contributed by atoms with E-state index in [2.05, 4.69) is 34.5 Å². The highest BCUT2D eigenvalue weighted by Gasteiger charge is 2.40. The van der Waals surface area contributed by atoms with Gasteiger partial charge in [0.2, 0.25) is 0 Å². The minimum atomic E-state index is 0.559. The largest absolute Gasteiger partial charge is 0.493 e. The van der Waals surface area contributed by atoms with Gasteiger partial charge in [-0.1, -0.05) is 18.2 Å². The van der Waals surface area contributed by atoms with Gasteiger partial charge in [-0.15, -0.1) is 0 Å². The van der Waals surface area contributed by atoms with Gasteiger partial charge in [0, 0.05) is 25.2 Å². The molecule has 3 nitrogen and oxygen atoms in total. The van der Waals surface area contributed by atoms with Crippen LogP contribution in [0.15, 0.2) is 24.3 Å². The molecule has 2 heterocycles. The van der Waals surface area contributed by atoms with E-state index < -0.39 is 0 Å². The van der Waals surface area contributed by atoms with E-state index in [4.69, 9.17) is 4.74 Å². The fraction of sp³-hybridized carbons (Fsp3) is 0.667. The normalized spacial score (nSPS) is 29.3.